The highest BCUT2D eigenvalue weighted by molar-refractivity contribution is 5.95. The molecule has 1 amide bonds. The molecule has 0 saturated heterocycles. The molecule has 5 rings (SSSR count). The molecule has 5 nitrogen and oxygen atoms in total. The fourth-order valence-electron chi connectivity index (χ4n) is 6.34. The topological polar surface area (TPSA) is 71.3 Å². The summed E-state index contributed by atoms with van der Waals surface area (Å²) >= 11 is 0. The molecule has 0 atom stereocenters. The second-order valence-corrected chi connectivity index (χ2v) is 13.5. The Morgan fingerprint density at radius 3 is 2.32 bits per heavy atom. The second-order valence-electron chi connectivity index (χ2n) is 13.5. The predicted octanol–water partition coefficient (Wildman–Crippen LogP) is 6.76. The van der Waals surface area contributed by atoms with Gasteiger partial charge < -0.3 is 15.0 Å². The highest BCUT2D eigenvalue weighted by Gasteiger charge is 2.40. The van der Waals surface area contributed by atoms with Gasteiger partial charge in [-0.05, 0) is 89.3 Å². The molecule has 5 heteroatoms. The number of carboxylic acid groups (broad SMARTS) is 1. The number of amides is 1. The maximum atomic E-state index is 13.4. The van der Waals surface area contributed by atoms with Crippen LogP contribution in [0.2, 0.25) is 0 Å². The Hall–Kier alpha value is -2.56. The highest BCUT2D eigenvalue weighted by Crippen LogP contribution is 2.49. The Morgan fingerprint density at radius 1 is 1.05 bits per heavy atom. The lowest BCUT2D eigenvalue weighted by Gasteiger charge is -2.32. The molecule has 2 N–H and O–H groups in total. The predicted molar refractivity (Wildman–Crippen MR) is 148 cm³/mol. The average Bonchev–Trinajstić information content (AvgIpc) is 3.49. The first-order valence-electron chi connectivity index (χ1n) is 14.3. The number of benzene rings is 1. The second kappa shape index (κ2) is 9.63. The summed E-state index contributed by atoms with van der Waals surface area (Å²) in [4.78, 5) is 24.6. The van der Waals surface area contributed by atoms with Crippen molar-refractivity contribution in [2.45, 2.75) is 109 Å². The van der Waals surface area contributed by atoms with Crippen LogP contribution in [-0.4, -0.2) is 27.6 Å². The highest BCUT2D eigenvalue weighted by atomic mass is 16.4. The molecule has 0 radical (unpaired) electrons. The number of carbonyl (C=O) groups excluding carboxylic acids is 1. The number of carboxylic acids is 1. The summed E-state index contributed by atoms with van der Waals surface area (Å²) in [6.45, 7) is 9.21. The van der Waals surface area contributed by atoms with E-state index in [1.807, 2.05) is 7.05 Å². The summed E-state index contributed by atoms with van der Waals surface area (Å²) < 4.78 is 2.10. The van der Waals surface area contributed by atoms with Crippen LogP contribution in [0.25, 0.3) is 11.3 Å². The third-order valence-corrected chi connectivity index (χ3v) is 9.37. The molecule has 3 fully saturated rings. The maximum absolute atomic E-state index is 13.4. The van der Waals surface area contributed by atoms with E-state index in [2.05, 4.69) is 61.8 Å². The largest absolute Gasteiger partial charge is 0.481 e. The van der Waals surface area contributed by atoms with Crippen LogP contribution in [0.5, 0.6) is 0 Å². The van der Waals surface area contributed by atoms with Crippen LogP contribution in [0.3, 0.4) is 0 Å². The standard InChI is InChI=1S/C32H44N2O3/c1-31(2,3)24-14-22(15-25(19-24)32(4)11-12-32)28-21(13-20-9-7-6-8-10-20)18-27(34(28)5)29(35)33-26-16-23(17-26)30(36)37/h14-15,18-20,23,26H,6-13,16-17H2,1-5H3,(H,33,35)(H,36,37). The lowest BCUT2D eigenvalue weighted by Crippen LogP contribution is -2.47. The summed E-state index contributed by atoms with van der Waals surface area (Å²) in [7, 11) is 2.03. The van der Waals surface area contributed by atoms with E-state index in [4.69, 9.17) is 0 Å². The SMILES string of the molecule is Cn1c(C(=O)NC2CC(C(=O)O)C2)cc(CC2CCCCC2)c1-c1cc(C(C)(C)C)cc(C2(C)CC2)c1. The summed E-state index contributed by atoms with van der Waals surface area (Å²) in [5.74, 6) is -0.521. The van der Waals surface area contributed by atoms with E-state index >= 15 is 0 Å². The normalized spacial score (nSPS) is 23.4. The molecule has 1 aromatic carbocycles. The molecule has 3 aliphatic carbocycles. The summed E-state index contributed by atoms with van der Waals surface area (Å²) in [6.07, 6.45) is 11.0. The van der Waals surface area contributed by atoms with Gasteiger partial charge in [-0.2, -0.15) is 0 Å². The monoisotopic (exact) mass is 504 g/mol. The van der Waals surface area contributed by atoms with Gasteiger partial charge in [0.1, 0.15) is 5.69 Å². The average molecular weight is 505 g/mol. The number of aliphatic carboxylic acids is 1. The van der Waals surface area contributed by atoms with Crippen LogP contribution in [0, 0.1) is 11.8 Å². The fraction of sp³-hybridized carbons (Fsp3) is 0.625. The maximum Gasteiger partial charge on any atom is 0.306 e. The van der Waals surface area contributed by atoms with Gasteiger partial charge in [0.25, 0.3) is 5.91 Å². The van der Waals surface area contributed by atoms with Crippen molar-refractivity contribution in [2.24, 2.45) is 18.9 Å². The fourth-order valence-corrected chi connectivity index (χ4v) is 6.34. The van der Waals surface area contributed by atoms with Crippen LogP contribution in [0.4, 0.5) is 0 Å². The van der Waals surface area contributed by atoms with Crippen LogP contribution in [0.1, 0.15) is 113 Å². The zero-order chi connectivity index (χ0) is 26.5. The summed E-state index contributed by atoms with van der Waals surface area (Å²) in [6, 6.07) is 9.20. The van der Waals surface area contributed by atoms with E-state index in [-0.39, 0.29) is 28.7 Å². The van der Waals surface area contributed by atoms with E-state index in [9.17, 15) is 14.7 Å². The van der Waals surface area contributed by atoms with Crippen molar-refractivity contribution in [1.29, 1.82) is 0 Å². The van der Waals surface area contributed by atoms with Crippen molar-refractivity contribution < 1.29 is 14.7 Å². The quantitative estimate of drug-likeness (QED) is 0.438. The zero-order valence-corrected chi connectivity index (χ0v) is 23.3. The Morgan fingerprint density at radius 2 is 1.73 bits per heavy atom. The minimum absolute atomic E-state index is 0.0375. The van der Waals surface area contributed by atoms with Crippen molar-refractivity contribution in [3.05, 3.63) is 46.6 Å². The summed E-state index contributed by atoms with van der Waals surface area (Å²) in [5, 5.41) is 12.3. The van der Waals surface area contributed by atoms with Crippen LogP contribution < -0.4 is 5.32 Å². The number of aromatic nitrogens is 1. The number of nitrogens with zero attached hydrogens (tertiary/aromatic N) is 1. The molecular weight excluding hydrogens is 460 g/mol. The molecule has 3 aliphatic rings. The van der Waals surface area contributed by atoms with Crippen LogP contribution >= 0.6 is 0 Å². The van der Waals surface area contributed by atoms with Crippen molar-refractivity contribution in [3.8, 4) is 11.3 Å². The molecular formula is C32H44N2O3. The van der Waals surface area contributed by atoms with Crippen LogP contribution in [0.15, 0.2) is 24.3 Å². The summed E-state index contributed by atoms with van der Waals surface area (Å²) in [5.41, 5.74) is 7.40. The number of rotatable bonds is 7. The van der Waals surface area contributed by atoms with Crippen molar-refractivity contribution >= 4 is 11.9 Å². The van der Waals surface area contributed by atoms with E-state index < -0.39 is 5.97 Å². The third kappa shape index (κ3) is 5.37. The molecule has 1 heterocycles. The van der Waals surface area contributed by atoms with Crippen molar-refractivity contribution in [1.82, 2.24) is 9.88 Å². The smallest absolute Gasteiger partial charge is 0.306 e. The first kappa shape index (κ1) is 26.1. The Kier molecular flexibility index (Phi) is 6.79. The molecule has 0 bridgehead atoms. The van der Waals surface area contributed by atoms with Gasteiger partial charge >= 0.3 is 5.97 Å². The number of hydrogen-bond acceptors (Lipinski definition) is 2. The Bertz CT molecular complexity index is 1160. The lowest BCUT2D eigenvalue weighted by atomic mass is 9.80. The van der Waals surface area contributed by atoms with Gasteiger partial charge in [0.05, 0.1) is 11.6 Å². The van der Waals surface area contributed by atoms with Crippen molar-refractivity contribution in [3.63, 3.8) is 0 Å². The molecule has 1 aromatic heterocycles. The van der Waals surface area contributed by atoms with Gasteiger partial charge in [0.15, 0.2) is 0 Å². The van der Waals surface area contributed by atoms with Gasteiger partial charge in [0.2, 0.25) is 0 Å². The van der Waals surface area contributed by atoms with E-state index in [0.717, 1.165) is 6.42 Å². The lowest BCUT2D eigenvalue weighted by molar-refractivity contribution is -0.145. The number of carbonyl (C=O) groups is 2. The zero-order valence-electron chi connectivity index (χ0n) is 23.3. The minimum atomic E-state index is -0.764. The van der Waals surface area contributed by atoms with Gasteiger partial charge in [-0.3, -0.25) is 9.59 Å². The third-order valence-electron chi connectivity index (χ3n) is 9.37. The number of nitrogens with one attached hydrogen (secondary N) is 1. The van der Waals surface area contributed by atoms with E-state index in [0.29, 0.717) is 24.5 Å². The van der Waals surface area contributed by atoms with Gasteiger partial charge in [-0.15, -0.1) is 0 Å². The van der Waals surface area contributed by atoms with E-state index in [1.165, 1.54) is 72.9 Å². The Balaban J connectivity index is 1.53. The first-order chi connectivity index (χ1) is 17.4. The molecule has 200 valence electrons. The van der Waals surface area contributed by atoms with Gasteiger partial charge in [-0.25, -0.2) is 0 Å². The van der Waals surface area contributed by atoms with Crippen LogP contribution in [-0.2, 0) is 29.1 Å². The van der Waals surface area contributed by atoms with E-state index in [1.54, 1.807) is 0 Å². The molecule has 37 heavy (non-hydrogen) atoms. The Labute approximate surface area is 222 Å². The molecule has 3 saturated carbocycles. The molecule has 0 aliphatic heterocycles. The minimum Gasteiger partial charge on any atom is -0.481 e. The van der Waals surface area contributed by atoms with Gasteiger partial charge in [0, 0.05) is 13.1 Å². The molecule has 2 aromatic rings. The first-order valence-corrected chi connectivity index (χ1v) is 14.3. The number of hydrogen-bond donors (Lipinski definition) is 2. The molecule has 0 spiro atoms. The van der Waals surface area contributed by atoms with Gasteiger partial charge in [-0.1, -0.05) is 65.9 Å². The molecule has 0 unspecified atom stereocenters. The van der Waals surface area contributed by atoms with Crippen molar-refractivity contribution in [2.75, 3.05) is 0 Å².